The normalized spacial score (nSPS) is 12.2. The number of carboxylic acids is 1. The van der Waals surface area contributed by atoms with Gasteiger partial charge in [0.15, 0.2) is 0 Å². The first-order valence-corrected chi connectivity index (χ1v) is 6.50. The highest BCUT2D eigenvalue weighted by Crippen LogP contribution is 2.09. The fraction of sp³-hybridized carbons (Fsp3) is 0.538. The largest absolute Gasteiger partial charge is 0.481 e. The molecule has 21 heavy (non-hydrogen) atoms. The van der Waals surface area contributed by atoms with Gasteiger partial charge >= 0.3 is 11.7 Å². The van der Waals surface area contributed by atoms with E-state index in [0.717, 1.165) is 9.13 Å². The SMILES string of the molecule is CC(C)C(CNC(=O)Cn1ccc(=O)n(C)c1=O)C(=O)O. The number of rotatable bonds is 6. The second kappa shape index (κ2) is 6.87. The summed E-state index contributed by atoms with van der Waals surface area (Å²) in [5.74, 6) is -2.28. The Morgan fingerprint density at radius 2 is 1.95 bits per heavy atom. The van der Waals surface area contributed by atoms with E-state index in [2.05, 4.69) is 5.32 Å². The summed E-state index contributed by atoms with van der Waals surface area (Å²) >= 11 is 0. The summed E-state index contributed by atoms with van der Waals surface area (Å²) in [6.45, 7) is 3.23. The Hall–Kier alpha value is -2.38. The molecule has 0 aromatic carbocycles. The number of amides is 1. The molecule has 1 rings (SSSR count). The molecule has 0 aliphatic heterocycles. The first-order valence-electron chi connectivity index (χ1n) is 6.50. The minimum atomic E-state index is -0.982. The Morgan fingerprint density at radius 1 is 1.33 bits per heavy atom. The van der Waals surface area contributed by atoms with Gasteiger partial charge in [-0.2, -0.15) is 0 Å². The van der Waals surface area contributed by atoms with E-state index < -0.39 is 29.0 Å². The van der Waals surface area contributed by atoms with Crippen molar-refractivity contribution in [1.82, 2.24) is 14.5 Å². The van der Waals surface area contributed by atoms with Gasteiger partial charge in [0.1, 0.15) is 6.54 Å². The summed E-state index contributed by atoms with van der Waals surface area (Å²) in [7, 11) is 1.32. The van der Waals surface area contributed by atoms with Gasteiger partial charge in [0, 0.05) is 25.9 Å². The smallest absolute Gasteiger partial charge is 0.331 e. The predicted octanol–water partition coefficient (Wildman–Crippen LogP) is -0.980. The number of nitrogens with one attached hydrogen (secondary N) is 1. The first kappa shape index (κ1) is 16.7. The molecule has 0 radical (unpaired) electrons. The van der Waals surface area contributed by atoms with Crippen LogP contribution < -0.4 is 16.6 Å². The van der Waals surface area contributed by atoms with Gasteiger partial charge in [0.25, 0.3) is 5.56 Å². The second-order valence-corrected chi connectivity index (χ2v) is 5.12. The van der Waals surface area contributed by atoms with Crippen molar-refractivity contribution in [2.75, 3.05) is 6.54 Å². The number of hydrogen-bond donors (Lipinski definition) is 2. The molecule has 8 nitrogen and oxygen atoms in total. The Morgan fingerprint density at radius 3 is 2.48 bits per heavy atom. The van der Waals surface area contributed by atoms with Gasteiger partial charge in [0.2, 0.25) is 5.91 Å². The first-order chi connectivity index (χ1) is 9.73. The zero-order valence-electron chi connectivity index (χ0n) is 12.2. The van der Waals surface area contributed by atoms with Gasteiger partial charge in [-0.05, 0) is 5.92 Å². The summed E-state index contributed by atoms with van der Waals surface area (Å²) in [6.07, 6.45) is 1.24. The number of carbonyl (C=O) groups is 2. The molecule has 1 aromatic rings. The van der Waals surface area contributed by atoms with Gasteiger partial charge in [-0.1, -0.05) is 13.8 Å². The fourth-order valence-electron chi connectivity index (χ4n) is 1.78. The van der Waals surface area contributed by atoms with E-state index >= 15 is 0 Å². The molecule has 0 aliphatic rings. The van der Waals surface area contributed by atoms with Crippen LogP contribution in [0.3, 0.4) is 0 Å². The maximum absolute atomic E-state index is 11.8. The summed E-state index contributed by atoms with van der Waals surface area (Å²) in [5.41, 5.74) is -1.06. The zero-order chi connectivity index (χ0) is 16.2. The van der Waals surface area contributed by atoms with Crippen molar-refractivity contribution in [2.45, 2.75) is 20.4 Å². The summed E-state index contributed by atoms with van der Waals surface area (Å²) < 4.78 is 1.98. The van der Waals surface area contributed by atoms with Crippen LogP contribution in [0.1, 0.15) is 13.8 Å². The molecule has 116 valence electrons. The predicted molar refractivity (Wildman–Crippen MR) is 74.9 cm³/mol. The minimum absolute atomic E-state index is 0.00759. The van der Waals surface area contributed by atoms with Crippen LogP contribution in [0.4, 0.5) is 0 Å². The van der Waals surface area contributed by atoms with E-state index in [4.69, 9.17) is 5.11 Å². The molecule has 1 amide bonds. The second-order valence-electron chi connectivity index (χ2n) is 5.12. The monoisotopic (exact) mass is 297 g/mol. The molecule has 0 aliphatic carbocycles. The van der Waals surface area contributed by atoms with Crippen LogP contribution in [0.15, 0.2) is 21.9 Å². The third kappa shape index (κ3) is 4.30. The lowest BCUT2D eigenvalue weighted by atomic mass is 9.96. The Kier molecular flexibility index (Phi) is 5.45. The zero-order valence-corrected chi connectivity index (χ0v) is 12.2. The van der Waals surface area contributed by atoms with Crippen molar-refractivity contribution in [3.63, 3.8) is 0 Å². The lowest BCUT2D eigenvalue weighted by Crippen LogP contribution is -2.42. The molecule has 2 N–H and O–H groups in total. The summed E-state index contributed by atoms with van der Waals surface area (Å²) in [4.78, 5) is 45.7. The number of hydrogen-bond acceptors (Lipinski definition) is 4. The highest BCUT2D eigenvalue weighted by Gasteiger charge is 2.22. The van der Waals surface area contributed by atoms with Crippen LogP contribution in [-0.2, 0) is 23.2 Å². The van der Waals surface area contributed by atoms with Gasteiger partial charge < -0.3 is 10.4 Å². The molecule has 0 saturated heterocycles. The Balaban J connectivity index is 2.71. The van der Waals surface area contributed by atoms with E-state index in [1.54, 1.807) is 13.8 Å². The van der Waals surface area contributed by atoms with Gasteiger partial charge in [-0.15, -0.1) is 0 Å². The maximum Gasteiger partial charge on any atom is 0.331 e. The van der Waals surface area contributed by atoms with Gasteiger partial charge in [0.05, 0.1) is 5.92 Å². The van der Waals surface area contributed by atoms with Crippen LogP contribution in [0.5, 0.6) is 0 Å². The van der Waals surface area contributed by atoms with Crippen LogP contribution in [-0.4, -0.2) is 32.7 Å². The van der Waals surface area contributed by atoms with Crippen molar-refractivity contribution in [1.29, 1.82) is 0 Å². The van der Waals surface area contributed by atoms with Crippen molar-refractivity contribution in [2.24, 2.45) is 18.9 Å². The molecule has 1 atom stereocenters. The number of carboxylic acid groups (broad SMARTS) is 1. The lowest BCUT2D eigenvalue weighted by Gasteiger charge is -2.17. The maximum atomic E-state index is 11.8. The average molecular weight is 297 g/mol. The van der Waals surface area contributed by atoms with Crippen LogP contribution in [0.25, 0.3) is 0 Å². The van der Waals surface area contributed by atoms with Crippen molar-refractivity contribution < 1.29 is 14.7 Å². The molecule has 0 spiro atoms. The molecule has 0 saturated carbocycles. The standard InChI is InChI=1S/C13H19N3O5/c1-8(2)9(12(19)20)6-14-10(17)7-16-5-4-11(18)15(3)13(16)21/h4-5,8-9H,6-7H2,1-3H3,(H,14,17)(H,19,20). The molecule has 1 heterocycles. The number of nitrogens with zero attached hydrogens (tertiary/aromatic N) is 2. The van der Waals surface area contributed by atoms with E-state index in [-0.39, 0.29) is 19.0 Å². The van der Waals surface area contributed by atoms with Gasteiger partial charge in [-0.25, -0.2) is 4.79 Å². The molecule has 1 unspecified atom stereocenters. The summed E-state index contributed by atoms with van der Waals surface area (Å²) in [6, 6.07) is 1.18. The highest BCUT2D eigenvalue weighted by atomic mass is 16.4. The number of aliphatic carboxylic acids is 1. The van der Waals surface area contributed by atoms with Crippen molar-refractivity contribution >= 4 is 11.9 Å². The molecule has 0 bridgehead atoms. The number of carbonyl (C=O) groups excluding carboxylic acids is 1. The van der Waals surface area contributed by atoms with E-state index in [1.165, 1.54) is 19.3 Å². The molecule has 8 heteroatoms. The van der Waals surface area contributed by atoms with Crippen molar-refractivity contribution in [3.8, 4) is 0 Å². The molecule has 1 aromatic heterocycles. The van der Waals surface area contributed by atoms with Crippen LogP contribution >= 0.6 is 0 Å². The minimum Gasteiger partial charge on any atom is -0.481 e. The quantitative estimate of drug-likeness (QED) is 0.701. The Bertz CT molecular complexity index is 644. The summed E-state index contributed by atoms with van der Waals surface area (Å²) in [5, 5.41) is 11.5. The molecular formula is C13H19N3O5. The third-order valence-corrected chi connectivity index (χ3v) is 3.22. The fourth-order valence-corrected chi connectivity index (χ4v) is 1.78. The van der Waals surface area contributed by atoms with Crippen molar-refractivity contribution in [3.05, 3.63) is 33.1 Å². The highest BCUT2D eigenvalue weighted by molar-refractivity contribution is 5.77. The lowest BCUT2D eigenvalue weighted by molar-refractivity contribution is -0.143. The van der Waals surface area contributed by atoms with Gasteiger partial charge in [-0.3, -0.25) is 23.5 Å². The molecular weight excluding hydrogens is 278 g/mol. The van der Waals surface area contributed by atoms with E-state index in [1.807, 2.05) is 0 Å². The van der Waals surface area contributed by atoms with E-state index in [9.17, 15) is 19.2 Å². The average Bonchev–Trinajstić information content (AvgIpc) is 2.39. The number of aromatic nitrogens is 2. The van der Waals surface area contributed by atoms with Crippen LogP contribution in [0, 0.1) is 11.8 Å². The van der Waals surface area contributed by atoms with E-state index in [0.29, 0.717) is 0 Å². The third-order valence-electron chi connectivity index (χ3n) is 3.22. The Labute approximate surface area is 121 Å². The molecule has 0 fully saturated rings. The topological polar surface area (TPSA) is 110 Å². The van der Waals surface area contributed by atoms with Crippen LogP contribution in [0.2, 0.25) is 0 Å².